The van der Waals surface area contributed by atoms with E-state index in [0.717, 1.165) is 12.2 Å². The van der Waals surface area contributed by atoms with Crippen molar-refractivity contribution in [2.45, 2.75) is 44.6 Å². The normalized spacial score (nSPS) is 18.8. The maximum atomic E-state index is 13.2. The third-order valence-electron chi connectivity index (χ3n) is 3.93. The van der Waals surface area contributed by atoms with Gasteiger partial charge in [0.15, 0.2) is 0 Å². The molecule has 0 heterocycles. The quantitative estimate of drug-likeness (QED) is 0.922. The van der Waals surface area contributed by atoms with Crippen molar-refractivity contribution in [2.75, 3.05) is 11.4 Å². The Balaban J connectivity index is 2.16. The minimum Gasteiger partial charge on any atom is -0.369 e. The molecule has 0 aliphatic heterocycles. The van der Waals surface area contributed by atoms with Crippen LogP contribution >= 0.6 is 0 Å². The van der Waals surface area contributed by atoms with Crippen LogP contribution in [0.15, 0.2) is 24.3 Å². The zero-order valence-electron chi connectivity index (χ0n) is 11.6. The van der Waals surface area contributed by atoms with Gasteiger partial charge in [-0.05, 0) is 38.0 Å². The molecule has 0 radical (unpaired) electrons. The first-order valence-electron chi connectivity index (χ1n) is 6.97. The predicted octanol–water partition coefficient (Wildman–Crippen LogP) is 3.19. The molecule has 0 spiro atoms. The van der Waals surface area contributed by atoms with Gasteiger partial charge >= 0.3 is 0 Å². The summed E-state index contributed by atoms with van der Waals surface area (Å²) >= 11 is 0. The van der Waals surface area contributed by atoms with Crippen LogP contribution < -0.4 is 10.6 Å². The van der Waals surface area contributed by atoms with Crippen LogP contribution in [0.5, 0.6) is 0 Å². The SMILES string of the molecule is CCN(c1cccc(C(N)=O)c1)C1CCC(F)(F)CC1. The predicted molar refractivity (Wildman–Crippen MR) is 75.2 cm³/mol. The Hall–Kier alpha value is -1.65. The number of carbonyl (C=O) groups excluding carboxylic acids is 1. The number of primary amides is 1. The molecule has 0 atom stereocenters. The molecule has 1 amide bonds. The molecule has 1 aliphatic rings. The summed E-state index contributed by atoms with van der Waals surface area (Å²) in [5, 5.41) is 0. The molecule has 2 rings (SSSR count). The van der Waals surface area contributed by atoms with Crippen LogP contribution in [0.1, 0.15) is 43.0 Å². The number of alkyl halides is 2. The molecule has 1 aromatic rings. The largest absolute Gasteiger partial charge is 0.369 e. The van der Waals surface area contributed by atoms with E-state index in [1.807, 2.05) is 13.0 Å². The van der Waals surface area contributed by atoms with E-state index in [4.69, 9.17) is 5.73 Å². The Morgan fingerprint density at radius 3 is 2.60 bits per heavy atom. The van der Waals surface area contributed by atoms with Gasteiger partial charge in [-0.3, -0.25) is 4.79 Å². The first kappa shape index (κ1) is 14.8. The van der Waals surface area contributed by atoms with E-state index >= 15 is 0 Å². The van der Waals surface area contributed by atoms with Crippen LogP contribution in [0.4, 0.5) is 14.5 Å². The number of halogens is 2. The van der Waals surface area contributed by atoms with Gasteiger partial charge < -0.3 is 10.6 Å². The van der Waals surface area contributed by atoms with Gasteiger partial charge in [0, 0.05) is 36.7 Å². The van der Waals surface area contributed by atoms with Gasteiger partial charge in [0.25, 0.3) is 0 Å². The second-order valence-corrected chi connectivity index (χ2v) is 5.29. The van der Waals surface area contributed by atoms with Gasteiger partial charge in [-0.25, -0.2) is 8.78 Å². The van der Waals surface area contributed by atoms with Crippen LogP contribution in [0.2, 0.25) is 0 Å². The standard InChI is InChI=1S/C15H20F2N2O/c1-2-19(12-6-8-15(16,17)9-7-12)13-5-3-4-11(10-13)14(18)20/h3-5,10,12H,2,6-9H2,1H3,(H2,18,20). The number of rotatable bonds is 4. The van der Waals surface area contributed by atoms with E-state index in [1.165, 1.54) is 0 Å². The Morgan fingerprint density at radius 2 is 2.05 bits per heavy atom. The van der Waals surface area contributed by atoms with E-state index in [1.54, 1.807) is 18.2 Å². The molecule has 3 nitrogen and oxygen atoms in total. The number of nitrogens with zero attached hydrogens (tertiary/aromatic N) is 1. The zero-order valence-corrected chi connectivity index (χ0v) is 11.6. The van der Waals surface area contributed by atoms with E-state index in [-0.39, 0.29) is 18.9 Å². The van der Waals surface area contributed by atoms with E-state index in [9.17, 15) is 13.6 Å². The van der Waals surface area contributed by atoms with Crippen molar-refractivity contribution >= 4 is 11.6 Å². The van der Waals surface area contributed by atoms with Gasteiger partial charge in [-0.1, -0.05) is 6.07 Å². The molecule has 110 valence electrons. The second-order valence-electron chi connectivity index (χ2n) is 5.29. The monoisotopic (exact) mass is 282 g/mol. The number of benzene rings is 1. The fraction of sp³-hybridized carbons (Fsp3) is 0.533. The zero-order chi connectivity index (χ0) is 14.8. The third kappa shape index (κ3) is 3.26. The van der Waals surface area contributed by atoms with Crippen LogP contribution in [-0.4, -0.2) is 24.4 Å². The Bertz CT molecular complexity index is 481. The molecule has 0 bridgehead atoms. The number of anilines is 1. The number of amides is 1. The van der Waals surface area contributed by atoms with Crippen LogP contribution in [-0.2, 0) is 0 Å². The van der Waals surface area contributed by atoms with Crippen LogP contribution in [0.3, 0.4) is 0 Å². The molecule has 2 N–H and O–H groups in total. The van der Waals surface area contributed by atoms with Gasteiger partial charge in [-0.15, -0.1) is 0 Å². The Morgan fingerprint density at radius 1 is 1.40 bits per heavy atom. The van der Waals surface area contributed by atoms with Crippen molar-refractivity contribution in [3.8, 4) is 0 Å². The third-order valence-corrected chi connectivity index (χ3v) is 3.93. The van der Waals surface area contributed by atoms with E-state index < -0.39 is 11.8 Å². The summed E-state index contributed by atoms with van der Waals surface area (Å²) in [5.74, 6) is -3.00. The molecule has 5 heteroatoms. The first-order valence-corrected chi connectivity index (χ1v) is 6.97. The lowest BCUT2D eigenvalue weighted by Gasteiger charge is -2.37. The maximum absolute atomic E-state index is 13.2. The maximum Gasteiger partial charge on any atom is 0.248 e. The summed E-state index contributed by atoms with van der Waals surface area (Å²) in [5.41, 5.74) is 6.60. The molecule has 20 heavy (non-hydrogen) atoms. The van der Waals surface area contributed by atoms with E-state index in [2.05, 4.69) is 4.90 Å². The van der Waals surface area contributed by atoms with Crippen molar-refractivity contribution < 1.29 is 13.6 Å². The molecule has 0 aromatic heterocycles. The Kier molecular flexibility index (Phi) is 4.26. The average molecular weight is 282 g/mol. The van der Waals surface area contributed by atoms with Crippen molar-refractivity contribution in [1.82, 2.24) is 0 Å². The van der Waals surface area contributed by atoms with Gasteiger partial charge in [0.1, 0.15) is 0 Å². The van der Waals surface area contributed by atoms with Crippen molar-refractivity contribution in [1.29, 1.82) is 0 Å². The molecule has 1 aromatic carbocycles. The number of hydrogen-bond donors (Lipinski definition) is 1. The fourth-order valence-electron chi connectivity index (χ4n) is 2.83. The van der Waals surface area contributed by atoms with Crippen LogP contribution in [0, 0.1) is 0 Å². The molecule has 1 fully saturated rings. The van der Waals surface area contributed by atoms with Crippen LogP contribution in [0.25, 0.3) is 0 Å². The van der Waals surface area contributed by atoms with Gasteiger partial charge in [-0.2, -0.15) is 0 Å². The van der Waals surface area contributed by atoms with Gasteiger partial charge in [0.05, 0.1) is 0 Å². The highest BCUT2D eigenvalue weighted by Crippen LogP contribution is 2.36. The lowest BCUT2D eigenvalue weighted by atomic mass is 9.90. The number of hydrogen-bond acceptors (Lipinski definition) is 2. The summed E-state index contributed by atoms with van der Waals surface area (Å²) in [6.45, 7) is 2.71. The summed E-state index contributed by atoms with van der Waals surface area (Å²) in [4.78, 5) is 13.3. The lowest BCUT2D eigenvalue weighted by Crippen LogP contribution is -2.40. The first-order chi connectivity index (χ1) is 9.43. The van der Waals surface area contributed by atoms with Crippen molar-refractivity contribution in [2.24, 2.45) is 5.73 Å². The lowest BCUT2D eigenvalue weighted by molar-refractivity contribution is -0.0380. The van der Waals surface area contributed by atoms with Crippen molar-refractivity contribution in [3.63, 3.8) is 0 Å². The molecule has 1 saturated carbocycles. The molecule has 0 saturated heterocycles. The number of nitrogens with two attached hydrogens (primary N) is 1. The topological polar surface area (TPSA) is 46.3 Å². The summed E-state index contributed by atoms with van der Waals surface area (Å²) in [6, 6.07) is 7.16. The smallest absolute Gasteiger partial charge is 0.248 e. The summed E-state index contributed by atoms with van der Waals surface area (Å²) < 4.78 is 26.5. The minimum atomic E-state index is -2.52. The highest BCUT2D eigenvalue weighted by atomic mass is 19.3. The molecular weight excluding hydrogens is 262 g/mol. The van der Waals surface area contributed by atoms with Gasteiger partial charge in [0.2, 0.25) is 11.8 Å². The Labute approximate surface area is 117 Å². The minimum absolute atomic E-state index is 0.0658. The average Bonchev–Trinajstić information content (AvgIpc) is 2.42. The summed E-state index contributed by atoms with van der Waals surface area (Å²) in [7, 11) is 0. The molecule has 1 aliphatic carbocycles. The van der Waals surface area contributed by atoms with Crippen molar-refractivity contribution in [3.05, 3.63) is 29.8 Å². The molecular formula is C15H20F2N2O. The second kappa shape index (κ2) is 5.77. The fourth-order valence-corrected chi connectivity index (χ4v) is 2.83. The number of carbonyl (C=O) groups is 1. The highest BCUT2D eigenvalue weighted by molar-refractivity contribution is 5.93. The molecule has 0 unspecified atom stereocenters. The summed E-state index contributed by atoms with van der Waals surface area (Å²) in [6.07, 6.45) is 0.816. The highest BCUT2D eigenvalue weighted by Gasteiger charge is 2.36. The van der Waals surface area contributed by atoms with E-state index in [0.29, 0.717) is 18.4 Å².